The molecule has 1 N–H and O–H groups in total. The van der Waals surface area contributed by atoms with Crippen molar-refractivity contribution in [2.45, 2.75) is 45.2 Å². The lowest BCUT2D eigenvalue weighted by Crippen LogP contribution is -2.38. The van der Waals surface area contributed by atoms with Crippen molar-refractivity contribution in [3.63, 3.8) is 0 Å². The molecule has 0 spiro atoms. The summed E-state index contributed by atoms with van der Waals surface area (Å²) < 4.78 is 0. The number of likely N-dealkylation sites (tertiary alicyclic amines) is 1. The molecule has 2 fully saturated rings. The molecule has 1 unspecified atom stereocenters. The summed E-state index contributed by atoms with van der Waals surface area (Å²) in [7, 11) is 0. The van der Waals surface area contributed by atoms with Gasteiger partial charge in [-0.2, -0.15) is 11.8 Å². The molecule has 1 atom stereocenters. The fourth-order valence-electron chi connectivity index (χ4n) is 2.71. The van der Waals surface area contributed by atoms with Crippen LogP contribution in [0.3, 0.4) is 0 Å². The van der Waals surface area contributed by atoms with Crippen LogP contribution in [0, 0.1) is 5.92 Å². The lowest BCUT2D eigenvalue weighted by atomic mass is 10.0. The predicted molar refractivity (Wildman–Crippen MR) is 73.2 cm³/mol. The average molecular weight is 242 g/mol. The molecule has 2 aliphatic heterocycles. The van der Waals surface area contributed by atoms with Crippen LogP contribution in [0.15, 0.2) is 0 Å². The Kier molecular flexibility index (Phi) is 4.98. The topological polar surface area (TPSA) is 15.3 Å². The second-order valence-electron chi connectivity index (χ2n) is 5.54. The molecule has 2 aliphatic rings. The van der Waals surface area contributed by atoms with E-state index in [1.165, 1.54) is 50.4 Å². The zero-order chi connectivity index (χ0) is 11.4. The first kappa shape index (κ1) is 12.7. The highest BCUT2D eigenvalue weighted by Gasteiger charge is 2.24. The molecule has 2 nitrogen and oxygen atoms in total. The van der Waals surface area contributed by atoms with Gasteiger partial charge in [-0.25, -0.2) is 0 Å². The Bertz CT molecular complexity index is 202. The van der Waals surface area contributed by atoms with E-state index in [-0.39, 0.29) is 0 Å². The van der Waals surface area contributed by atoms with Crippen LogP contribution >= 0.6 is 11.8 Å². The van der Waals surface area contributed by atoms with E-state index in [4.69, 9.17) is 0 Å². The summed E-state index contributed by atoms with van der Waals surface area (Å²) in [6.45, 7) is 8.42. The molecular weight excluding hydrogens is 216 g/mol. The van der Waals surface area contributed by atoms with Crippen molar-refractivity contribution in [2.75, 3.05) is 31.1 Å². The second kappa shape index (κ2) is 6.27. The van der Waals surface area contributed by atoms with Crippen LogP contribution in [0.4, 0.5) is 0 Å². The molecule has 0 aromatic carbocycles. The lowest BCUT2D eigenvalue weighted by molar-refractivity contribution is 0.266. The van der Waals surface area contributed by atoms with Gasteiger partial charge in [0.2, 0.25) is 0 Å². The third-order valence-electron chi connectivity index (χ3n) is 3.99. The van der Waals surface area contributed by atoms with Gasteiger partial charge in [0.1, 0.15) is 0 Å². The summed E-state index contributed by atoms with van der Waals surface area (Å²) in [6, 6.07) is 1.48. The third kappa shape index (κ3) is 3.64. The summed E-state index contributed by atoms with van der Waals surface area (Å²) in [6.07, 6.45) is 4.20. The number of thioether (sulfide) groups is 1. The molecule has 2 saturated heterocycles. The van der Waals surface area contributed by atoms with Crippen molar-refractivity contribution in [3.05, 3.63) is 0 Å². The number of hydrogen-bond donors (Lipinski definition) is 1. The molecule has 0 aromatic heterocycles. The number of nitrogens with zero attached hydrogens (tertiary/aromatic N) is 1. The molecule has 0 radical (unpaired) electrons. The minimum absolute atomic E-state index is 0.720. The van der Waals surface area contributed by atoms with Crippen molar-refractivity contribution in [1.82, 2.24) is 10.2 Å². The first-order valence-electron chi connectivity index (χ1n) is 6.81. The lowest BCUT2D eigenvalue weighted by Gasteiger charge is -2.24. The Balaban J connectivity index is 1.63. The minimum Gasteiger partial charge on any atom is -0.312 e. The van der Waals surface area contributed by atoms with Crippen LogP contribution < -0.4 is 5.32 Å². The fourth-order valence-corrected chi connectivity index (χ4v) is 3.91. The highest BCUT2D eigenvalue weighted by molar-refractivity contribution is 7.99. The first-order chi connectivity index (χ1) is 7.75. The van der Waals surface area contributed by atoms with E-state index in [1.54, 1.807) is 0 Å². The van der Waals surface area contributed by atoms with Gasteiger partial charge in [0.05, 0.1) is 0 Å². The summed E-state index contributed by atoms with van der Waals surface area (Å²) >= 11 is 2.13. The molecular formula is C13H26N2S. The third-order valence-corrected chi connectivity index (χ3v) is 5.03. The highest BCUT2D eigenvalue weighted by Crippen LogP contribution is 2.22. The van der Waals surface area contributed by atoms with E-state index >= 15 is 0 Å². The first-order valence-corrected chi connectivity index (χ1v) is 7.96. The SMILES string of the molecule is CC(C)N1CCC(NCC2CCSCC2)C1. The molecule has 2 heterocycles. The van der Waals surface area contributed by atoms with Crippen molar-refractivity contribution in [2.24, 2.45) is 5.92 Å². The maximum absolute atomic E-state index is 3.79. The normalized spacial score (nSPS) is 29.1. The number of hydrogen-bond acceptors (Lipinski definition) is 3. The van der Waals surface area contributed by atoms with Crippen LogP contribution in [-0.4, -0.2) is 48.1 Å². The largest absolute Gasteiger partial charge is 0.312 e. The van der Waals surface area contributed by atoms with Gasteiger partial charge in [0.25, 0.3) is 0 Å². The molecule has 2 rings (SSSR count). The Hall–Kier alpha value is 0.270. The molecule has 0 aliphatic carbocycles. The number of nitrogens with one attached hydrogen (secondary N) is 1. The maximum atomic E-state index is 3.79. The quantitative estimate of drug-likeness (QED) is 0.814. The van der Waals surface area contributed by atoms with Crippen LogP contribution in [-0.2, 0) is 0 Å². The zero-order valence-corrected chi connectivity index (χ0v) is 11.6. The van der Waals surface area contributed by atoms with Gasteiger partial charge in [-0.3, -0.25) is 4.90 Å². The van der Waals surface area contributed by atoms with Crippen molar-refractivity contribution < 1.29 is 0 Å². The van der Waals surface area contributed by atoms with E-state index < -0.39 is 0 Å². The van der Waals surface area contributed by atoms with Crippen molar-refractivity contribution in [1.29, 1.82) is 0 Å². The molecule has 16 heavy (non-hydrogen) atoms. The molecule has 0 amide bonds. The minimum atomic E-state index is 0.720. The van der Waals surface area contributed by atoms with Gasteiger partial charge in [-0.15, -0.1) is 0 Å². The van der Waals surface area contributed by atoms with E-state index in [0.29, 0.717) is 0 Å². The Morgan fingerprint density at radius 3 is 2.62 bits per heavy atom. The Morgan fingerprint density at radius 2 is 2.00 bits per heavy atom. The van der Waals surface area contributed by atoms with Gasteiger partial charge in [0, 0.05) is 18.6 Å². The Labute approximate surface area is 105 Å². The van der Waals surface area contributed by atoms with Crippen LogP contribution in [0.5, 0.6) is 0 Å². The average Bonchev–Trinajstić information content (AvgIpc) is 2.76. The van der Waals surface area contributed by atoms with Crippen LogP contribution in [0.1, 0.15) is 33.1 Å². The monoisotopic (exact) mass is 242 g/mol. The van der Waals surface area contributed by atoms with Gasteiger partial charge in [-0.1, -0.05) is 0 Å². The van der Waals surface area contributed by atoms with Gasteiger partial charge in [0.15, 0.2) is 0 Å². The molecule has 3 heteroatoms. The summed E-state index contributed by atoms with van der Waals surface area (Å²) in [5, 5.41) is 3.79. The Morgan fingerprint density at radius 1 is 1.25 bits per heavy atom. The summed E-state index contributed by atoms with van der Waals surface area (Å²) in [4.78, 5) is 2.59. The maximum Gasteiger partial charge on any atom is 0.0207 e. The highest BCUT2D eigenvalue weighted by atomic mass is 32.2. The number of rotatable bonds is 4. The van der Waals surface area contributed by atoms with E-state index in [9.17, 15) is 0 Å². The van der Waals surface area contributed by atoms with Crippen molar-refractivity contribution >= 4 is 11.8 Å². The van der Waals surface area contributed by atoms with E-state index in [0.717, 1.165) is 18.0 Å². The van der Waals surface area contributed by atoms with Crippen LogP contribution in [0.2, 0.25) is 0 Å². The smallest absolute Gasteiger partial charge is 0.0207 e. The van der Waals surface area contributed by atoms with Gasteiger partial charge < -0.3 is 5.32 Å². The van der Waals surface area contributed by atoms with E-state index in [2.05, 4.69) is 35.8 Å². The van der Waals surface area contributed by atoms with Gasteiger partial charge in [-0.05, 0) is 63.6 Å². The zero-order valence-electron chi connectivity index (χ0n) is 10.7. The summed E-state index contributed by atoms with van der Waals surface area (Å²) in [5.74, 6) is 3.72. The van der Waals surface area contributed by atoms with Crippen molar-refractivity contribution in [3.8, 4) is 0 Å². The molecule has 0 aromatic rings. The molecule has 0 bridgehead atoms. The standard InChI is InChI=1S/C13H26N2S/c1-11(2)15-6-3-13(10-15)14-9-12-4-7-16-8-5-12/h11-14H,3-10H2,1-2H3. The summed E-state index contributed by atoms with van der Waals surface area (Å²) in [5.41, 5.74) is 0. The van der Waals surface area contributed by atoms with Gasteiger partial charge >= 0.3 is 0 Å². The predicted octanol–water partition coefficient (Wildman–Crippen LogP) is 2.20. The second-order valence-corrected chi connectivity index (χ2v) is 6.76. The molecule has 94 valence electrons. The van der Waals surface area contributed by atoms with E-state index in [1.807, 2.05) is 0 Å². The molecule has 0 saturated carbocycles. The fraction of sp³-hybridized carbons (Fsp3) is 1.00. The van der Waals surface area contributed by atoms with Crippen LogP contribution in [0.25, 0.3) is 0 Å².